The molecule has 0 saturated heterocycles. The van der Waals surface area contributed by atoms with Crippen molar-refractivity contribution >= 4 is 11.9 Å². The number of esters is 1. The van der Waals surface area contributed by atoms with Gasteiger partial charge in [0, 0.05) is 6.42 Å². The second kappa shape index (κ2) is 42.2. The number of carbonyl (C=O) groups is 2. The zero-order valence-electron chi connectivity index (χ0n) is 35.9. The zero-order chi connectivity index (χ0) is 39.6. The molecule has 3 atom stereocenters. The molecular weight excluding hydrogens is 671 g/mol. The van der Waals surface area contributed by atoms with Gasteiger partial charge in [-0.1, -0.05) is 211 Å². The second-order valence-electron chi connectivity index (χ2n) is 15.8. The Hall–Kier alpha value is -1.92. The highest BCUT2D eigenvalue weighted by Gasteiger charge is 2.24. The number of hydrogen-bond acceptors (Lipinski definition) is 5. The van der Waals surface area contributed by atoms with E-state index in [0.29, 0.717) is 19.3 Å². The summed E-state index contributed by atoms with van der Waals surface area (Å²) in [4.78, 5) is 25.9. The molecule has 3 unspecified atom stereocenters. The van der Waals surface area contributed by atoms with Crippen LogP contribution in [0.4, 0.5) is 0 Å². The van der Waals surface area contributed by atoms with Gasteiger partial charge < -0.3 is 20.3 Å². The number of rotatable bonds is 41. The molecule has 0 aliphatic rings. The standard InChI is InChI=1S/C48H89NO5/c1-4-7-10-13-16-18-20-22-23-25-27-29-32-35-38-41-48(53)54-44(39-36-33-30-15-12-9-6-3)42-47(52)49-45(43-50)46(51)40-37-34-31-28-26-24-21-19-17-14-11-8-5-2/h7,10,13,16,18,20,44-46,50-51H,4-6,8-9,11-12,14-15,17,19,21-43H2,1-3H3,(H,49,52)/b10-7+,16-13+,20-18+. The van der Waals surface area contributed by atoms with Crippen LogP contribution < -0.4 is 5.32 Å². The number of allylic oxidation sites excluding steroid dienone is 6. The van der Waals surface area contributed by atoms with Crippen LogP contribution in [0.15, 0.2) is 36.5 Å². The zero-order valence-corrected chi connectivity index (χ0v) is 35.9. The summed E-state index contributed by atoms with van der Waals surface area (Å²) in [5, 5.41) is 23.6. The van der Waals surface area contributed by atoms with Gasteiger partial charge in [0.1, 0.15) is 6.10 Å². The van der Waals surface area contributed by atoms with Crippen molar-refractivity contribution in [3.8, 4) is 0 Å². The van der Waals surface area contributed by atoms with E-state index in [2.05, 4.69) is 62.5 Å². The van der Waals surface area contributed by atoms with E-state index in [1.165, 1.54) is 122 Å². The van der Waals surface area contributed by atoms with Gasteiger partial charge in [-0.15, -0.1) is 0 Å². The van der Waals surface area contributed by atoms with Crippen molar-refractivity contribution in [3.63, 3.8) is 0 Å². The number of ether oxygens (including phenoxy) is 1. The van der Waals surface area contributed by atoms with Crippen LogP contribution in [0, 0.1) is 0 Å². The molecular formula is C48H89NO5. The number of nitrogens with one attached hydrogen (secondary N) is 1. The van der Waals surface area contributed by atoms with Crippen molar-refractivity contribution in [2.45, 2.75) is 251 Å². The molecule has 0 bridgehead atoms. The molecule has 0 aliphatic carbocycles. The van der Waals surface area contributed by atoms with Crippen LogP contribution in [0.2, 0.25) is 0 Å². The second-order valence-corrected chi connectivity index (χ2v) is 15.8. The minimum Gasteiger partial charge on any atom is -0.462 e. The highest BCUT2D eigenvalue weighted by molar-refractivity contribution is 5.77. The van der Waals surface area contributed by atoms with Gasteiger partial charge >= 0.3 is 5.97 Å². The first-order valence-corrected chi connectivity index (χ1v) is 23.2. The van der Waals surface area contributed by atoms with E-state index in [1.807, 2.05) is 0 Å². The van der Waals surface area contributed by atoms with E-state index >= 15 is 0 Å². The first-order valence-electron chi connectivity index (χ1n) is 23.2. The van der Waals surface area contributed by atoms with Crippen LogP contribution in [-0.4, -0.2) is 46.9 Å². The van der Waals surface area contributed by atoms with Crippen molar-refractivity contribution in [2.75, 3.05) is 6.61 Å². The van der Waals surface area contributed by atoms with Crippen LogP contribution in [0.5, 0.6) is 0 Å². The molecule has 6 heteroatoms. The summed E-state index contributed by atoms with van der Waals surface area (Å²) in [5.41, 5.74) is 0. The number of aliphatic hydroxyl groups is 2. The Morgan fingerprint density at radius 2 is 1.00 bits per heavy atom. The molecule has 6 nitrogen and oxygen atoms in total. The summed E-state index contributed by atoms with van der Waals surface area (Å²) in [6.45, 7) is 6.31. The van der Waals surface area contributed by atoms with Crippen molar-refractivity contribution in [2.24, 2.45) is 0 Å². The Kier molecular flexibility index (Phi) is 40.7. The molecule has 0 aliphatic heterocycles. The van der Waals surface area contributed by atoms with Gasteiger partial charge in [0.15, 0.2) is 0 Å². The normalized spacial score (nSPS) is 13.6. The largest absolute Gasteiger partial charge is 0.462 e. The molecule has 0 spiro atoms. The van der Waals surface area contributed by atoms with Crippen LogP contribution in [0.3, 0.4) is 0 Å². The number of unbranched alkanes of at least 4 members (excludes halogenated alkanes) is 25. The van der Waals surface area contributed by atoms with Crippen molar-refractivity contribution in [3.05, 3.63) is 36.5 Å². The number of aliphatic hydroxyl groups excluding tert-OH is 2. The Bertz CT molecular complexity index is 900. The van der Waals surface area contributed by atoms with E-state index in [-0.39, 0.29) is 24.9 Å². The summed E-state index contributed by atoms with van der Waals surface area (Å²) >= 11 is 0. The molecule has 0 fully saturated rings. The summed E-state index contributed by atoms with van der Waals surface area (Å²) in [7, 11) is 0. The third kappa shape index (κ3) is 37.0. The van der Waals surface area contributed by atoms with Gasteiger partial charge in [-0.05, 0) is 44.9 Å². The minimum absolute atomic E-state index is 0.0743. The monoisotopic (exact) mass is 760 g/mol. The molecule has 0 radical (unpaired) electrons. The molecule has 0 rings (SSSR count). The minimum atomic E-state index is -0.784. The predicted octanol–water partition coefficient (Wildman–Crippen LogP) is 13.3. The fraction of sp³-hybridized carbons (Fsp3) is 0.833. The SMILES string of the molecule is CC/C=C/C=C/C=C/CCCCCCCCCC(=O)OC(CCCCCCCCC)CC(=O)NC(CO)C(O)CCCCCCCCCCCCCCC. The molecule has 3 N–H and O–H groups in total. The lowest BCUT2D eigenvalue weighted by molar-refractivity contribution is -0.151. The van der Waals surface area contributed by atoms with Gasteiger partial charge in [0.25, 0.3) is 0 Å². The topological polar surface area (TPSA) is 95.9 Å². The predicted molar refractivity (Wildman–Crippen MR) is 232 cm³/mol. The average Bonchev–Trinajstić information content (AvgIpc) is 3.16. The maximum absolute atomic E-state index is 13.1. The Balaban J connectivity index is 4.42. The molecule has 316 valence electrons. The van der Waals surface area contributed by atoms with E-state index in [1.54, 1.807) is 0 Å². The first kappa shape index (κ1) is 52.1. The van der Waals surface area contributed by atoms with Crippen LogP contribution in [0.1, 0.15) is 233 Å². The Morgan fingerprint density at radius 3 is 1.50 bits per heavy atom. The van der Waals surface area contributed by atoms with Crippen molar-refractivity contribution in [1.82, 2.24) is 5.32 Å². The summed E-state index contributed by atoms with van der Waals surface area (Å²) in [6.07, 6.45) is 47.8. The van der Waals surface area contributed by atoms with Gasteiger partial charge in [0.2, 0.25) is 5.91 Å². The molecule has 0 heterocycles. The fourth-order valence-corrected chi connectivity index (χ4v) is 7.02. The maximum atomic E-state index is 13.1. The highest BCUT2D eigenvalue weighted by Crippen LogP contribution is 2.18. The van der Waals surface area contributed by atoms with Gasteiger partial charge in [-0.2, -0.15) is 0 Å². The number of amides is 1. The summed E-state index contributed by atoms with van der Waals surface area (Å²) in [5.74, 6) is -0.488. The lowest BCUT2D eigenvalue weighted by atomic mass is 10.0. The Morgan fingerprint density at radius 1 is 0.556 bits per heavy atom. The van der Waals surface area contributed by atoms with Crippen LogP contribution in [-0.2, 0) is 14.3 Å². The van der Waals surface area contributed by atoms with E-state index in [0.717, 1.165) is 64.2 Å². The van der Waals surface area contributed by atoms with Crippen molar-refractivity contribution < 1.29 is 24.5 Å². The average molecular weight is 760 g/mol. The molecule has 54 heavy (non-hydrogen) atoms. The lowest BCUT2D eigenvalue weighted by Crippen LogP contribution is -2.46. The summed E-state index contributed by atoms with van der Waals surface area (Å²) < 4.78 is 5.87. The Labute approximate surface area is 334 Å². The van der Waals surface area contributed by atoms with E-state index in [9.17, 15) is 19.8 Å². The fourth-order valence-electron chi connectivity index (χ4n) is 7.02. The number of carbonyl (C=O) groups excluding carboxylic acids is 2. The number of hydrogen-bond donors (Lipinski definition) is 3. The van der Waals surface area contributed by atoms with Gasteiger partial charge in [-0.25, -0.2) is 0 Å². The van der Waals surface area contributed by atoms with Crippen molar-refractivity contribution in [1.29, 1.82) is 0 Å². The maximum Gasteiger partial charge on any atom is 0.306 e. The highest BCUT2D eigenvalue weighted by atomic mass is 16.5. The summed E-state index contributed by atoms with van der Waals surface area (Å²) in [6, 6.07) is -0.698. The smallest absolute Gasteiger partial charge is 0.306 e. The van der Waals surface area contributed by atoms with E-state index < -0.39 is 18.2 Å². The van der Waals surface area contributed by atoms with Gasteiger partial charge in [0.05, 0.1) is 25.2 Å². The molecule has 0 aromatic carbocycles. The molecule has 0 aromatic rings. The quantitative estimate of drug-likeness (QED) is 0.0328. The van der Waals surface area contributed by atoms with Gasteiger partial charge in [-0.3, -0.25) is 9.59 Å². The lowest BCUT2D eigenvalue weighted by Gasteiger charge is -2.24. The molecule has 0 saturated carbocycles. The molecule has 0 aromatic heterocycles. The van der Waals surface area contributed by atoms with Crippen LogP contribution in [0.25, 0.3) is 0 Å². The third-order valence-electron chi connectivity index (χ3n) is 10.5. The van der Waals surface area contributed by atoms with Crippen LogP contribution >= 0.6 is 0 Å². The first-order chi connectivity index (χ1) is 26.5. The van der Waals surface area contributed by atoms with E-state index in [4.69, 9.17) is 4.74 Å². The third-order valence-corrected chi connectivity index (χ3v) is 10.5. The molecule has 1 amide bonds.